The molecule has 0 unspecified atom stereocenters. The summed E-state index contributed by atoms with van der Waals surface area (Å²) in [7, 11) is 0. The average Bonchev–Trinajstić information content (AvgIpc) is 2.16. The lowest BCUT2D eigenvalue weighted by Crippen LogP contribution is -1.71. The smallest absolute Gasteiger partial charge is 0.187 e. The van der Waals surface area contributed by atoms with E-state index in [4.69, 9.17) is 6.57 Å². The van der Waals surface area contributed by atoms with Crippen molar-refractivity contribution in [2.75, 3.05) is 0 Å². The van der Waals surface area contributed by atoms with Gasteiger partial charge in [0.25, 0.3) is 0 Å². The van der Waals surface area contributed by atoms with Gasteiger partial charge < -0.3 is 5.11 Å². The molecule has 2 rings (SSSR count). The van der Waals surface area contributed by atoms with E-state index in [1.54, 1.807) is 24.3 Å². The molecule has 0 aromatic heterocycles. The minimum atomic E-state index is 0.231. The minimum Gasteiger partial charge on any atom is -0.508 e. The van der Waals surface area contributed by atoms with Crippen LogP contribution >= 0.6 is 0 Å². The van der Waals surface area contributed by atoms with Crippen molar-refractivity contribution in [3.8, 4) is 5.75 Å². The highest BCUT2D eigenvalue weighted by atomic mass is 16.3. The lowest BCUT2D eigenvalue weighted by atomic mass is 10.1. The number of nitrogens with zero attached hydrogens (tertiary/aromatic N) is 1. The molecule has 2 heteroatoms. The Morgan fingerprint density at radius 1 is 1.00 bits per heavy atom. The molecule has 0 spiro atoms. The van der Waals surface area contributed by atoms with Gasteiger partial charge in [-0.2, -0.15) is 0 Å². The van der Waals surface area contributed by atoms with Gasteiger partial charge in [-0.25, -0.2) is 4.85 Å². The number of hydrogen-bond acceptors (Lipinski definition) is 1. The van der Waals surface area contributed by atoms with Crippen LogP contribution in [0.1, 0.15) is 0 Å². The molecule has 0 aliphatic heterocycles. The number of hydrogen-bond donors (Lipinski definition) is 1. The van der Waals surface area contributed by atoms with Crippen molar-refractivity contribution in [1.82, 2.24) is 0 Å². The van der Waals surface area contributed by atoms with Crippen LogP contribution in [-0.2, 0) is 0 Å². The lowest BCUT2D eigenvalue weighted by Gasteiger charge is -1.98. The molecule has 0 saturated heterocycles. The highest BCUT2D eigenvalue weighted by molar-refractivity contribution is 5.87. The molecule has 0 heterocycles. The van der Waals surface area contributed by atoms with Crippen molar-refractivity contribution in [1.29, 1.82) is 0 Å². The van der Waals surface area contributed by atoms with E-state index in [-0.39, 0.29) is 5.75 Å². The van der Waals surface area contributed by atoms with Crippen LogP contribution in [-0.4, -0.2) is 5.11 Å². The SMILES string of the molecule is [C-]#[N+]c1ccc2ccc(O)cc2c1. The molecule has 0 amide bonds. The topological polar surface area (TPSA) is 24.6 Å². The first-order chi connectivity index (χ1) is 6.29. The standard InChI is InChI=1S/C11H7NO/c1-12-10-4-2-8-3-5-11(13)7-9(8)6-10/h2-7,13H. The van der Waals surface area contributed by atoms with E-state index in [0.29, 0.717) is 5.69 Å². The van der Waals surface area contributed by atoms with Crippen LogP contribution in [0.4, 0.5) is 5.69 Å². The quantitative estimate of drug-likeness (QED) is 0.602. The van der Waals surface area contributed by atoms with E-state index in [1.165, 1.54) is 0 Å². The Kier molecular flexibility index (Phi) is 1.64. The third-order valence-corrected chi connectivity index (χ3v) is 1.94. The van der Waals surface area contributed by atoms with Gasteiger partial charge in [0.15, 0.2) is 5.69 Å². The number of phenols is 1. The second kappa shape index (κ2) is 2.80. The van der Waals surface area contributed by atoms with Crippen molar-refractivity contribution < 1.29 is 5.11 Å². The minimum absolute atomic E-state index is 0.231. The summed E-state index contributed by atoms with van der Waals surface area (Å²) in [6.45, 7) is 6.84. The summed E-state index contributed by atoms with van der Waals surface area (Å²) in [4.78, 5) is 3.32. The maximum atomic E-state index is 9.22. The molecule has 0 fully saturated rings. The van der Waals surface area contributed by atoms with E-state index in [9.17, 15) is 5.11 Å². The van der Waals surface area contributed by atoms with Crippen LogP contribution in [0, 0.1) is 6.57 Å². The van der Waals surface area contributed by atoms with E-state index in [0.717, 1.165) is 10.8 Å². The Hall–Kier alpha value is -2.01. The summed E-state index contributed by atoms with van der Waals surface area (Å²) in [5.74, 6) is 0.231. The van der Waals surface area contributed by atoms with Crippen molar-refractivity contribution in [3.05, 3.63) is 47.8 Å². The Bertz CT molecular complexity index is 497. The predicted molar refractivity (Wildman–Crippen MR) is 51.9 cm³/mol. The molecular formula is C11H7NO. The normalized spacial score (nSPS) is 9.77. The summed E-state index contributed by atoms with van der Waals surface area (Å²) < 4.78 is 0. The first-order valence-electron chi connectivity index (χ1n) is 3.90. The Labute approximate surface area is 75.9 Å². The molecule has 62 valence electrons. The van der Waals surface area contributed by atoms with Gasteiger partial charge in [-0.15, -0.1) is 0 Å². The van der Waals surface area contributed by atoms with E-state index in [1.807, 2.05) is 12.1 Å². The summed E-state index contributed by atoms with van der Waals surface area (Å²) in [5, 5.41) is 11.1. The number of phenolic OH excluding ortho intramolecular Hbond substituents is 1. The number of rotatable bonds is 0. The Morgan fingerprint density at radius 2 is 1.77 bits per heavy atom. The summed E-state index contributed by atoms with van der Waals surface area (Å²) in [6.07, 6.45) is 0. The zero-order valence-electron chi connectivity index (χ0n) is 6.86. The van der Waals surface area contributed by atoms with E-state index < -0.39 is 0 Å². The molecule has 2 nitrogen and oxygen atoms in total. The van der Waals surface area contributed by atoms with Gasteiger partial charge in [-0.1, -0.05) is 18.2 Å². The van der Waals surface area contributed by atoms with Crippen molar-refractivity contribution in [3.63, 3.8) is 0 Å². The van der Waals surface area contributed by atoms with Gasteiger partial charge in [-0.3, -0.25) is 0 Å². The maximum absolute atomic E-state index is 9.22. The number of aromatic hydroxyl groups is 1. The van der Waals surface area contributed by atoms with Crippen molar-refractivity contribution >= 4 is 16.5 Å². The largest absolute Gasteiger partial charge is 0.508 e. The lowest BCUT2D eigenvalue weighted by molar-refractivity contribution is 0.476. The second-order valence-electron chi connectivity index (χ2n) is 2.83. The van der Waals surface area contributed by atoms with Crippen LogP contribution in [0.5, 0.6) is 5.75 Å². The van der Waals surface area contributed by atoms with Crippen molar-refractivity contribution in [2.45, 2.75) is 0 Å². The van der Waals surface area contributed by atoms with Crippen LogP contribution < -0.4 is 0 Å². The number of fused-ring (bicyclic) bond motifs is 1. The molecule has 0 aliphatic carbocycles. The predicted octanol–water partition coefficient (Wildman–Crippen LogP) is 3.10. The molecule has 0 bridgehead atoms. The molecule has 0 atom stereocenters. The Balaban J connectivity index is 2.77. The summed E-state index contributed by atoms with van der Waals surface area (Å²) in [5.41, 5.74) is 0.595. The van der Waals surface area contributed by atoms with Gasteiger partial charge in [0.2, 0.25) is 0 Å². The molecule has 1 N–H and O–H groups in total. The van der Waals surface area contributed by atoms with E-state index >= 15 is 0 Å². The van der Waals surface area contributed by atoms with Gasteiger partial charge >= 0.3 is 0 Å². The van der Waals surface area contributed by atoms with Crippen LogP contribution in [0.3, 0.4) is 0 Å². The fourth-order valence-electron chi connectivity index (χ4n) is 1.29. The highest BCUT2D eigenvalue weighted by Crippen LogP contribution is 2.24. The third-order valence-electron chi connectivity index (χ3n) is 1.94. The van der Waals surface area contributed by atoms with Gasteiger partial charge in [-0.05, 0) is 29.0 Å². The van der Waals surface area contributed by atoms with Gasteiger partial charge in [0.1, 0.15) is 5.75 Å². The molecule has 0 radical (unpaired) electrons. The van der Waals surface area contributed by atoms with Crippen LogP contribution in [0.2, 0.25) is 0 Å². The highest BCUT2D eigenvalue weighted by Gasteiger charge is 1.96. The van der Waals surface area contributed by atoms with Gasteiger partial charge in [0, 0.05) is 0 Å². The number of benzene rings is 2. The molecule has 2 aromatic rings. The summed E-state index contributed by atoms with van der Waals surface area (Å²) >= 11 is 0. The van der Waals surface area contributed by atoms with Gasteiger partial charge in [0.05, 0.1) is 6.57 Å². The van der Waals surface area contributed by atoms with E-state index in [2.05, 4.69) is 4.85 Å². The fraction of sp³-hybridized carbons (Fsp3) is 0. The molecule has 0 saturated carbocycles. The maximum Gasteiger partial charge on any atom is 0.187 e. The Morgan fingerprint density at radius 3 is 2.54 bits per heavy atom. The first-order valence-corrected chi connectivity index (χ1v) is 3.90. The zero-order valence-corrected chi connectivity index (χ0v) is 6.86. The molecule has 2 aromatic carbocycles. The third kappa shape index (κ3) is 1.32. The average molecular weight is 169 g/mol. The first kappa shape index (κ1) is 7.63. The fourth-order valence-corrected chi connectivity index (χ4v) is 1.29. The molecule has 0 aliphatic rings. The second-order valence-corrected chi connectivity index (χ2v) is 2.83. The van der Waals surface area contributed by atoms with Crippen LogP contribution in [0.25, 0.3) is 15.6 Å². The van der Waals surface area contributed by atoms with Crippen LogP contribution in [0.15, 0.2) is 36.4 Å². The zero-order chi connectivity index (χ0) is 9.26. The molecule has 13 heavy (non-hydrogen) atoms. The summed E-state index contributed by atoms with van der Waals surface area (Å²) in [6, 6.07) is 10.5. The monoisotopic (exact) mass is 169 g/mol. The molecular weight excluding hydrogens is 162 g/mol. The van der Waals surface area contributed by atoms with Crippen molar-refractivity contribution in [2.24, 2.45) is 0 Å².